The van der Waals surface area contributed by atoms with Gasteiger partial charge in [0.05, 0.1) is 18.1 Å². The number of carbonyl (C=O) groups is 2. The number of amides is 3. The Morgan fingerprint density at radius 1 is 1.12 bits per heavy atom. The van der Waals surface area contributed by atoms with Gasteiger partial charge in [0, 0.05) is 19.6 Å². The lowest BCUT2D eigenvalue weighted by atomic mass is 9.98. The van der Waals surface area contributed by atoms with Gasteiger partial charge in [0.25, 0.3) is 0 Å². The van der Waals surface area contributed by atoms with Crippen molar-refractivity contribution in [2.24, 2.45) is 5.92 Å². The molecule has 1 aliphatic rings. The first-order valence-corrected chi connectivity index (χ1v) is 11.0. The average molecular weight is 436 g/mol. The molecule has 0 spiro atoms. The molecule has 2 aromatic carbocycles. The smallest absolute Gasteiger partial charge is 0.324 e. The summed E-state index contributed by atoms with van der Waals surface area (Å²) < 4.78 is 7.21. The number of imidazole rings is 1. The molecule has 1 unspecified atom stereocenters. The number of anilines is 1. The summed E-state index contributed by atoms with van der Waals surface area (Å²) in [5, 5.41) is 5.91. The van der Waals surface area contributed by atoms with Crippen LogP contribution in [0.3, 0.4) is 0 Å². The van der Waals surface area contributed by atoms with Crippen molar-refractivity contribution in [1.29, 1.82) is 0 Å². The number of benzene rings is 2. The van der Waals surface area contributed by atoms with Crippen LogP contribution < -0.4 is 20.3 Å². The average Bonchev–Trinajstić information content (AvgIpc) is 3.40. The van der Waals surface area contributed by atoms with E-state index in [1.807, 2.05) is 66.9 Å². The third kappa shape index (κ3) is 4.26. The van der Waals surface area contributed by atoms with Gasteiger partial charge >= 0.3 is 6.03 Å². The minimum absolute atomic E-state index is 0.0174. The summed E-state index contributed by atoms with van der Waals surface area (Å²) in [6.45, 7) is 5.57. The van der Waals surface area contributed by atoms with Gasteiger partial charge in [0.15, 0.2) is 0 Å². The molecule has 1 aliphatic heterocycles. The van der Waals surface area contributed by atoms with Gasteiger partial charge in [-0.05, 0) is 35.7 Å². The van der Waals surface area contributed by atoms with Gasteiger partial charge < -0.3 is 19.9 Å². The maximum Gasteiger partial charge on any atom is 0.324 e. The second-order valence-corrected chi connectivity index (χ2v) is 8.08. The number of ether oxygens (including phenoxy) is 1. The molecule has 2 atom stereocenters. The van der Waals surface area contributed by atoms with E-state index in [0.717, 1.165) is 28.8 Å². The molecule has 0 fully saturated rings. The molecular formula is C24H29N5O3. The molecule has 32 heavy (non-hydrogen) atoms. The summed E-state index contributed by atoms with van der Waals surface area (Å²) in [4.78, 5) is 32.4. The Morgan fingerprint density at radius 2 is 1.88 bits per heavy atom. The second-order valence-electron chi connectivity index (χ2n) is 8.08. The van der Waals surface area contributed by atoms with Crippen LogP contribution in [0.2, 0.25) is 0 Å². The standard InChI is InChI=1S/C24H29N5O3/c1-4-16(2)21(22(30)25-15-17-9-11-18(32-3)12-10-17)27-24(31)29-14-13-28-20-8-6-5-7-19(20)26-23(28)29/h5-12,16,21H,4,13-15H2,1-3H3,(H,25,30)(H,27,31)/t16?,21-/m0/s1. The molecule has 0 bridgehead atoms. The fourth-order valence-corrected chi connectivity index (χ4v) is 3.94. The number of para-hydroxylation sites is 2. The molecule has 2 heterocycles. The molecule has 2 N–H and O–H groups in total. The van der Waals surface area contributed by atoms with Crippen LogP contribution in [0.5, 0.6) is 5.75 Å². The summed E-state index contributed by atoms with van der Waals surface area (Å²) in [6, 6.07) is 14.4. The number of nitrogens with one attached hydrogen (secondary N) is 2. The van der Waals surface area contributed by atoms with Crippen molar-refractivity contribution in [2.75, 3.05) is 18.6 Å². The Morgan fingerprint density at radius 3 is 2.59 bits per heavy atom. The minimum atomic E-state index is -0.635. The van der Waals surface area contributed by atoms with Crippen LogP contribution >= 0.6 is 0 Å². The van der Waals surface area contributed by atoms with Gasteiger partial charge in [0.1, 0.15) is 11.8 Å². The first kappa shape index (κ1) is 21.7. The topological polar surface area (TPSA) is 88.5 Å². The Balaban J connectivity index is 1.44. The van der Waals surface area contributed by atoms with Crippen molar-refractivity contribution in [3.63, 3.8) is 0 Å². The molecule has 1 aromatic heterocycles. The monoisotopic (exact) mass is 435 g/mol. The molecule has 8 heteroatoms. The minimum Gasteiger partial charge on any atom is -0.497 e. The van der Waals surface area contributed by atoms with Crippen molar-refractivity contribution < 1.29 is 14.3 Å². The van der Waals surface area contributed by atoms with Crippen LogP contribution in [0.4, 0.5) is 10.7 Å². The van der Waals surface area contributed by atoms with Gasteiger partial charge in [-0.15, -0.1) is 0 Å². The van der Waals surface area contributed by atoms with E-state index in [1.54, 1.807) is 12.0 Å². The quantitative estimate of drug-likeness (QED) is 0.596. The lowest BCUT2D eigenvalue weighted by Gasteiger charge is -2.26. The Labute approximate surface area is 187 Å². The molecule has 168 valence electrons. The number of hydrogen-bond acceptors (Lipinski definition) is 4. The second kappa shape index (κ2) is 9.30. The highest BCUT2D eigenvalue weighted by molar-refractivity contribution is 5.96. The maximum absolute atomic E-state index is 13.1. The van der Waals surface area contributed by atoms with E-state index in [9.17, 15) is 9.59 Å². The van der Waals surface area contributed by atoms with Gasteiger partial charge in [-0.2, -0.15) is 0 Å². The molecule has 0 saturated carbocycles. The first-order valence-electron chi connectivity index (χ1n) is 11.0. The SMILES string of the molecule is CCC(C)[C@H](NC(=O)N1CCn2c1nc1ccccc12)C(=O)NCc1ccc(OC)cc1. The third-order valence-corrected chi connectivity index (χ3v) is 6.07. The van der Waals surface area contributed by atoms with E-state index in [1.165, 1.54) is 0 Å². The number of carbonyl (C=O) groups excluding carboxylic acids is 2. The maximum atomic E-state index is 13.1. The first-order chi connectivity index (χ1) is 15.5. The lowest BCUT2D eigenvalue weighted by Crippen LogP contribution is -2.53. The predicted octanol–water partition coefficient (Wildman–Crippen LogP) is 3.31. The zero-order valence-electron chi connectivity index (χ0n) is 18.7. The Bertz CT molecular complexity index is 1110. The highest BCUT2D eigenvalue weighted by Gasteiger charge is 2.32. The number of fused-ring (bicyclic) bond motifs is 3. The van der Waals surface area contributed by atoms with Crippen LogP contribution in [0.25, 0.3) is 11.0 Å². The van der Waals surface area contributed by atoms with Gasteiger partial charge in [-0.25, -0.2) is 9.78 Å². The number of aromatic nitrogens is 2. The fraction of sp³-hybridized carbons (Fsp3) is 0.375. The molecule has 3 amide bonds. The van der Waals surface area contributed by atoms with Gasteiger partial charge in [0.2, 0.25) is 11.9 Å². The van der Waals surface area contributed by atoms with Crippen LogP contribution in [-0.4, -0.2) is 41.2 Å². The van der Waals surface area contributed by atoms with Crippen molar-refractivity contribution in [3.05, 3.63) is 54.1 Å². The van der Waals surface area contributed by atoms with Gasteiger partial charge in [-0.3, -0.25) is 9.69 Å². The summed E-state index contributed by atoms with van der Waals surface area (Å²) in [5.41, 5.74) is 2.82. The molecule has 3 aromatic rings. The molecule has 8 nitrogen and oxygen atoms in total. The van der Waals surface area contributed by atoms with E-state index in [0.29, 0.717) is 25.6 Å². The van der Waals surface area contributed by atoms with E-state index in [2.05, 4.69) is 15.6 Å². The summed E-state index contributed by atoms with van der Waals surface area (Å²) in [5.74, 6) is 1.17. The number of hydrogen-bond donors (Lipinski definition) is 2. The van der Waals surface area contributed by atoms with Crippen LogP contribution in [0, 0.1) is 5.92 Å². The Kier molecular flexibility index (Phi) is 6.30. The number of methoxy groups -OCH3 is 1. The molecular weight excluding hydrogens is 406 g/mol. The number of nitrogens with zero attached hydrogens (tertiary/aromatic N) is 3. The van der Waals surface area contributed by atoms with Crippen molar-refractivity contribution in [1.82, 2.24) is 20.2 Å². The third-order valence-electron chi connectivity index (χ3n) is 6.07. The van der Waals surface area contributed by atoms with Crippen LogP contribution in [0.1, 0.15) is 25.8 Å². The van der Waals surface area contributed by atoms with Crippen molar-refractivity contribution in [3.8, 4) is 5.75 Å². The van der Waals surface area contributed by atoms with E-state index in [-0.39, 0.29) is 17.9 Å². The van der Waals surface area contributed by atoms with E-state index < -0.39 is 6.04 Å². The largest absolute Gasteiger partial charge is 0.497 e. The predicted molar refractivity (Wildman–Crippen MR) is 124 cm³/mol. The number of rotatable bonds is 7. The summed E-state index contributed by atoms with van der Waals surface area (Å²) >= 11 is 0. The molecule has 0 radical (unpaired) electrons. The summed E-state index contributed by atoms with van der Waals surface area (Å²) in [7, 11) is 1.62. The highest BCUT2D eigenvalue weighted by Crippen LogP contribution is 2.27. The van der Waals surface area contributed by atoms with Crippen LogP contribution in [-0.2, 0) is 17.9 Å². The zero-order chi connectivity index (χ0) is 22.7. The lowest BCUT2D eigenvalue weighted by molar-refractivity contribution is -0.124. The van der Waals surface area contributed by atoms with Crippen molar-refractivity contribution in [2.45, 2.75) is 39.4 Å². The number of urea groups is 1. The van der Waals surface area contributed by atoms with Crippen molar-refractivity contribution >= 4 is 28.9 Å². The Hall–Kier alpha value is -3.55. The normalized spacial score (nSPS) is 14.7. The van der Waals surface area contributed by atoms with E-state index >= 15 is 0 Å². The summed E-state index contributed by atoms with van der Waals surface area (Å²) in [6.07, 6.45) is 0.763. The van der Waals surface area contributed by atoms with E-state index in [4.69, 9.17) is 4.74 Å². The zero-order valence-corrected chi connectivity index (χ0v) is 18.7. The highest BCUT2D eigenvalue weighted by atomic mass is 16.5. The molecule has 4 rings (SSSR count). The molecule has 0 aliphatic carbocycles. The van der Waals surface area contributed by atoms with Gasteiger partial charge in [-0.1, -0.05) is 44.5 Å². The fourth-order valence-electron chi connectivity index (χ4n) is 3.94. The van der Waals surface area contributed by atoms with Crippen LogP contribution in [0.15, 0.2) is 48.5 Å². The molecule has 0 saturated heterocycles.